The molecule has 8 nitrogen and oxygen atoms in total. The Kier molecular flexibility index (Phi) is 4.69. The third kappa shape index (κ3) is 3.27. The zero-order chi connectivity index (χ0) is 15.4. The van der Waals surface area contributed by atoms with Crippen molar-refractivity contribution in [3.8, 4) is 0 Å². The lowest BCUT2D eigenvalue weighted by Gasteiger charge is -2.28. The molecule has 1 saturated heterocycles. The highest BCUT2D eigenvalue weighted by Crippen LogP contribution is 2.25. The summed E-state index contributed by atoms with van der Waals surface area (Å²) in [7, 11) is 2.74. The predicted octanol–water partition coefficient (Wildman–Crippen LogP) is 1.61. The van der Waals surface area contributed by atoms with Crippen LogP contribution in [0.25, 0.3) is 0 Å². The van der Waals surface area contributed by atoms with Crippen LogP contribution in [0.15, 0.2) is 12.3 Å². The summed E-state index contributed by atoms with van der Waals surface area (Å²) in [6, 6.07) is 1.47. The molecule has 0 unspecified atom stereocenters. The number of piperidine rings is 1. The first-order valence-electron chi connectivity index (χ1n) is 6.76. The number of carbonyl (C=O) groups is 1. The second-order valence-corrected chi connectivity index (χ2v) is 4.85. The van der Waals surface area contributed by atoms with Crippen molar-refractivity contribution >= 4 is 17.4 Å². The molecule has 0 spiro atoms. The van der Waals surface area contributed by atoms with Gasteiger partial charge in [0.25, 0.3) is 5.91 Å². The molecule has 2 heterocycles. The van der Waals surface area contributed by atoms with Crippen molar-refractivity contribution in [2.24, 2.45) is 0 Å². The van der Waals surface area contributed by atoms with E-state index in [1.807, 2.05) is 4.90 Å². The molecule has 1 aromatic rings. The van der Waals surface area contributed by atoms with E-state index < -0.39 is 10.8 Å². The molecule has 0 saturated carbocycles. The van der Waals surface area contributed by atoms with Crippen molar-refractivity contribution in [2.45, 2.75) is 19.3 Å². The average Bonchev–Trinajstić information content (AvgIpc) is 2.53. The third-order valence-electron chi connectivity index (χ3n) is 3.54. The molecule has 2 rings (SSSR count). The summed E-state index contributed by atoms with van der Waals surface area (Å²) in [5, 5.41) is 12.0. The van der Waals surface area contributed by atoms with Gasteiger partial charge in [-0.2, -0.15) is 0 Å². The van der Waals surface area contributed by atoms with E-state index in [9.17, 15) is 14.9 Å². The van der Waals surface area contributed by atoms with Gasteiger partial charge in [0.15, 0.2) is 0 Å². The van der Waals surface area contributed by atoms with Gasteiger partial charge in [0.2, 0.25) is 0 Å². The molecule has 0 bridgehead atoms. The number of carbonyl (C=O) groups excluding carboxylic acids is 1. The van der Waals surface area contributed by atoms with Crippen LogP contribution in [0.3, 0.4) is 0 Å². The number of amides is 1. The first kappa shape index (κ1) is 15.2. The molecule has 8 heteroatoms. The highest BCUT2D eigenvalue weighted by molar-refractivity contribution is 5.98. The SMILES string of the molecule is CON(C)C(=O)c1cc(N2CCCCC2)ncc1[N+](=O)[O-]. The molecular formula is C13H18N4O4. The topological polar surface area (TPSA) is 88.8 Å². The van der Waals surface area contributed by atoms with Gasteiger partial charge < -0.3 is 4.90 Å². The number of aromatic nitrogens is 1. The summed E-state index contributed by atoms with van der Waals surface area (Å²) in [6.45, 7) is 1.69. The van der Waals surface area contributed by atoms with Crippen molar-refractivity contribution < 1.29 is 14.6 Å². The number of rotatable bonds is 4. The Morgan fingerprint density at radius 3 is 2.67 bits per heavy atom. The Balaban J connectivity index is 2.38. The van der Waals surface area contributed by atoms with Crippen LogP contribution in [0.5, 0.6) is 0 Å². The molecule has 0 aliphatic carbocycles. The van der Waals surface area contributed by atoms with Crippen LogP contribution in [-0.4, -0.2) is 48.1 Å². The lowest BCUT2D eigenvalue weighted by molar-refractivity contribution is -0.385. The van der Waals surface area contributed by atoms with Crippen LogP contribution < -0.4 is 4.90 Å². The van der Waals surface area contributed by atoms with Gasteiger partial charge in [-0.1, -0.05) is 0 Å². The first-order valence-corrected chi connectivity index (χ1v) is 6.76. The Labute approximate surface area is 122 Å². The summed E-state index contributed by atoms with van der Waals surface area (Å²) in [4.78, 5) is 33.6. The Morgan fingerprint density at radius 2 is 2.10 bits per heavy atom. The fourth-order valence-corrected chi connectivity index (χ4v) is 2.30. The fourth-order valence-electron chi connectivity index (χ4n) is 2.30. The largest absolute Gasteiger partial charge is 0.357 e. The second kappa shape index (κ2) is 6.49. The van der Waals surface area contributed by atoms with Gasteiger partial charge in [0, 0.05) is 26.2 Å². The normalized spacial score (nSPS) is 14.9. The molecule has 1 fully saturated rings. The summed E-state index contributed by atoms with van der Waals surface area (Å²) >= 11 is 0. The lowest BCUT2D eigenvalue weighted by atomic mass is 10.1. The smallest absolute Gasteiger partial charge is 0.300 e. The number of nitro groups is 1. The molecule has 0 radical (unpaired) electrons. The first-order chi connectivity index (χ1) is 10.0. The number of hydroxylamine groups is 2. The monoisotopic (exact) mass is 294 g/mol. The number of nitrogens with zero attached hydrogens (tertiary/aromatic N) is 4. The van der Waals surface area contributed by atoms with E-state index in [-0.39, 0.29) is 11.3 Å². The maximum absolute atomic E-state index is 12.2. The van der Waals surface area contributed by atoms with Gasteiger partial charge in [-0.15, -0.1) is 0 Å². The minimum absolute atomic E-state index is 0.0140. The van der Waals surface area contributed by atoms with E-state index in [2.05, 4.69) is 4.98 Å². The van der Waals surface area contributed by atoms with Crippen LogP contribution in [0, 0.1) is 10.1 Å². The Morgan fingerprint density at radius 1 is 1.43 bits per heavy atom. The van der Waals surface area contributed by atoms with Crippen LogP contribution in [0.4, 0.5) is 11.5 Å². The van der Waals surface area contributed by atoms with Crippen molar-refractivity contribution in [1.29, 1.82) is 0 Å². The predicted molar refractivity (Wildman–Crippen MR) is 76.1 cm³/mol. The molecule has 114 valence electrons. The maximum atomic E-state index is 12.2. The van der Waals surface area contributed by atoms with E-state index in [1.54, 1.807) is 0 Å². The van der Waals surface area contributed by atoms with E-state index >= 15 is 0 Å². The Hall–Kier alpha value is -2.22. The molecular weight excluding hydrogens is 276 g/mol. The second-order valence-electron chi connectivity index (χ2n) is 4.85. The summed E-state index contributed by atoms with van der Waals surface area (Å²) in [6.07, 6.45) is 4.42. The Bertz CT molecular complexity index is 543. The minimum atomic E-state index is -0.607. The minimum Gasteiger partial charge on any atom is -0.357 e. The molecule has 0 aromatic carbocycles. The zero-order valence-corrected chi connectivity index (χ0v) is 12.1. The van der Waals surface area contributed by atoms with Crippen molar-refractivity contribution in [2.75, 3.05) is 32.1 Å². The molecule has 21 heavy (non-hydrogen) atoms. The van der Waals surface area contributed by atoms with Crippen molar-refractivity contribution in [3.63, 3.8) is 0 Å². The number of hydrogen-bond acceptors (Lipinski definition) is 6. The standard InChI is InChI=1S/C13H18N4O4/c1-15(21-2)13(18)10-8-12(14-9-11(10)17(19)20)16-6-4-3-5-7-16/h8-9H,3-7H2,1-2H3. The van der Waals surface area contributed by atoms with Crippen LogP contribution in [0.2, 0.25) is 0 Å². The summed E-state index contributed by atoms with van der Waals surface area (Å²) in [5.74, 6) is 0.0259. The van der Waals surface area contributed by atoms with Gasteiger partial charge in [0.1, 0.15) is 17.6 Å². The van der Waals surface area contributed by atoms with Gasteiger partial charge >= 0.3 is 5.69 Å². The molecule has 1 amide bonds. The molecule has 1 aliphatic heterocycles. The summed E-state index contributed by atoms with van der Waals surface area (Å²) < 4.78 is 0. The third-order valence-corrected chi connectivity index (χ3v) is 3.54. The van der Waals surface area contributed by atoms with Gasteiger partial charge in [-0.25, -0.2) is 10.0 Å². The van der Waals surface area contributed by atoms with E-state index in [0.717, 1.165) is 37.2 Å². The van der Waals surface area contributed by atoms with Crippen LogP contribution in [0.1, 0.15) is 29.6 Å². The van der Waals surface area contributed by atoms with E-state index in [1.165, 1.54) is 26.6 Å². The number of anilines is 1. The molecule has 1 aromatic heterocycles. The quantitative estimate of drug-likeness (QED) is 0.619. The summed E-state index contributed by atoms with van der Waals surface area (Å²) in [5.41, 5.74) is -0.329. The molecule has 0 N–H and O–H groups in total. The number of hydrogen-bond donors (Lipinski definition) is 0. The van der Waals surface area contributed by atoms with Crippen LogP contribution in [-0.2, 0) is 4.84 Å². The van der Waals surface area contributed by atoms with Crippen LogP contribution >= 0.6 is 0 Å². The lowest BCUT2D eigenvalue weighted by Crippen LogP contribution is -2.31. The highest BCUT2D eigenvalue weighted by atomic mass is 16.7. The molecule has 1 aliphatic rings. The average molecular weight is 294 g/mol. The number of pyridine rings is 1. The van der Waals surface area contributed by atoms with Gasteiger partial charge in [-0.05, 0) is 19.3 Å². The zero-order valence-electron chi connectivity index (χ0n) is 12.1. The maximum Gasteiger partial charge on any atom is 0.300 e. The van der Waals surface area contributed by atoms with E-state index in [4.69, 9.17) is 4.84 Å². The molecule has 0 atom stereocenters. The van der Waals surface area contributed by atoms with Gasteiger partial charge in [0.05, 0.1) is 12.0 Å². The van der Waals surface area contributed by atoms with Gasteiger partial charge in [-0.3, -0.25) is 19.7 Å². The van der Waals surface area contributed by atoms with Crippen molar-refractivity contribution in [3.05, 3.63) is 27.9 Å². The highest BCUT2D eigenvalue weighted by Gasteiger charge is 2.26. The van der Waals surface area contributed by atoms with E-state index in [0.29, 0.717) is 5.82 Å². The fraction of sp³-hybridized carbons (Fsp3) is 0.538. The van der Waals surface area contributed by atoms with Crippen molar-refractivity contribution in [1.82, 2.24) is 10.0 Å².